The van der Waals surface area contributed by atoms with Gasteiger partial charge in [0.25, 0.3) is 0 Å². The summed E-state index contributed by atoms with van der Waals surface area (Å²) in [5.41, 5.74) is 0. The molecule has 8 N–H and O–H groups in total. The SMILES string of the molecule is C[C@@H]1C(O)C(O)[C@@H](OC(=O)CCC(=O)OCC2O[C@@H](O)C(O)[C@@H](O)[C@@H]2O)[C@H](O)C1O. The summed E-state index contributed by atoms with van der Waals surface area (Å²) in [5, 5.41) is 77.7. The topological polar surface area (TPSA) is 224 Å². The van der Waals surface area contributed by atoms with E-state index in [2.05, 4.69) is 0 Å². The van der Waals surface area contributed by atoms with E-state index in [1.165, 1.54) is 6.92 Å². The maximum atomic E-state index is 11.9. The number of aliphatic hydroxyl groups is 8. The second-order valence-corrected chi connectivity index (χ2v) is 7.50. The summed E-state index contributed by atoms with van der Waals surface area (Å²) in [6.45, 7) is 0.827. The van der Waals surface area contributed by atoms with Crippen molar-refractivity contribution >= 4 is 11.9 Å². The maximum Gasteiger partial charge on any atom is 0.306 e. The number of aliphatic hydroxyl groups excluding tert-OH is 8. The van der Waals surface area contributed by atoms with Crippen molar-refractivity contribution in [1.82, 2.24) is 0 Å². The lowest BCUT2D eigenvalue weighted by molar-refractivity contribution is -0.287. The fraction of sp³-hybridized carbons (Fsp3) is 0.882. The smallest absolute Gasteiger partial charge is 0.306 e. The van der Waals surface area contributed by atoms with Crippen LogP contribution in [0.1, 0.15) is 19.8 Å². The van der Waals surface area contributed by atoms with Crippen LogP contribution in [0.3, 0.4) is 0 Å². The van der Waals surface area contributed by atoms with E-state index >= 15 is 0 Å². The molecule has 0 bridgehead atoms. The Balaban J connectivity index is 1.77. The fourth-order valence-corrected chi connectivity index (χ4v) is 3.28. The highest BCUT2D eigenvalue weighted by Crippen LogP contribution is 2.28. The van der Waals surface area contributed by atoms with Crippen LogP contribution >= 0.6 is 0 Å². The molecule has 11 atom stereocenters. The Bertz CT molecular complexity index is 584. The first-order chi connectivity index (χ1) is 14.0. The Morgan fingerprint density at radius 1 is 0.733 bits per heavy atom. The van der Waals surface area contributed by atoms with Gasteiger partial charge in [-0.1, -0.05) is 6.92 Å². The van der Waals surface area contributed by atoms with Crippen molar-refractivity contribution < 1.29 is 64.7 Å². The predicted molar refractivity (Wildman–Crippen MR) is 92.2 cm³/mol. The molecule has 174 valence electrons. The Labute approximate surface area is 171 Å². The van der Waals surface area contributed by atoms with Gasteiger partial charge in [-0.15, -0.1) is 0 Å². The van der Waals surface area contributed by atoms with Gasteiger partial charge in [-0.2, -0.15) is 0 Å². The summed E-state index contributed by atoms with van der Waals surface area (Å²) < 4.78 is 14.5. The standard InChI is InChI=1S/C17H28O13/c1-5-9(20)13(24)16(14(25)10(5)21)30-8(19)3-2-7(18)28-4-6-11(22)12(23)15(26)17(27)29-6/h5-6,9-17,20-27H,2-4H2,1H3/t5-,6?,9?,10?,11-,12+,13?,14-,15?,16-,17-/m1/s1. The van der Waals surface area contributed by atoms with Gasteiger partial charge in [-0.05, 0) is 0 Å². The van der Waals surface area contributed by atoms with Crippen LogP contribution in [0.25, 0.3) is 0 Å². The number of carbonyl (C=O) groups is 2. The van der Waals surface area contributed by atoms with Crippen LogP contribution in [-0.2, 0) is 23.8 Å². The van der Waals surface area contributed by atoms with Crippen molar-refractivity contribution in [2.24, 2.45) is 5.92 Å². The molecule has 30 heavy (non-hydrogen) atoms. The van der Waals surface area contributed by atoms with Gasteiger partial charge < -0.3 is 55.1 Å². The first-order valence-corrected chi connectivity index (χ1v) is 9.40. The summed E-state index contributed by atoms with van der Waals surface area (Å²) in [6.07, 6.45) is -16.9. The zero-order chi connectivity index (χ0) is 22.7. The van der Waals surface area contributed by atoms with Gasteiger partial charge in [0.1, 0.15) is 43.2 Å². The molecule has 1 aliphatic carbocycles. The molecule has 0 spiro atoms. The summed E-state index contributed by atoms with van der Waals surface area (Å²) in [6, 6.07) is 0. The van der Waals surface area contributed by atoms with E-state index in [1.807, 2.05) is 0 Å². The second-order valence-electron chi connectivity index (χ2n) is 7.50. The van der Waals surface area contributed by atoms with Gasteiger partial charge >= 0.3 is 11.9 Å². The van der Waals surface area contributed by atoms with E-state index in [0.717, 1.165) is 0 Å². The number of hydrogen-bond donors (Lipinski definition) is 8. The van der Waals surface area contributed by atoms with Crippen LogP contribution in [0.5, 0.6) is 0 Å². The molecule has 1 saturated heterocycles. The number of carbonyl (C=O) groups excluding carboxylic acids is 2. The molecule has 13 heteroatoms. The third-order valence-corrected chi connectivity index (χ3v) is 5.35. The Morgan fingerprint density at radius 3 is 1.83 bits per heavy atom. The Hall–Kier alpha value is -1.42. The molecule has 0 amide bonds. The van der Waals surface area contributed by atoms with Gasteiger partial charge in [-0.3, -0.25) is 9.59 Å². The van der Waals surface area contributed by atoms with Crippen LogP contribution in [-0.4, -0.2) is 121 Å². The molecule has 1 heterocycles. The maximum absolute atomic E-state index is 11.9. The molecule has 0 aromatic carbocycles. The number of rotatable bonds is 6. The summed E-state index contributed by atoms with van der Waals surface area (Å²) in [5.74, 6) is -2.78. The average Bonchev–Trinajstić information content (AvgIpc) is 2.72. The van der Waals surface area contributed by atoms with Gasteiger partial charge in [-0.25, -0.2) is 0 Å². The van der Waals surface area contributed by atoms with E-state index in [9.17, 15) is 50.4 Å². The van der Waals surface area contributed by atoms with E-state index in [0.29, 0.717) is 0 Å². The van der Waals surface area contributed by atoms with Gasteiger partial charge in [0, 0.05) is 5.92 Å². The Kier molecular flexibility index (Phi) is 8.50. The minimum atomic E-state index is -1.79. The summed E-state index contributed by atoms with van der Waals surface area (Å²) >= 11 is 0. The molecule has 0 radical (unpaired) electrons. The van der Waals surface area contributed by atoms with Crippen LogP contribution in [0.4, 0.5) is 0 Å². The molecule has 0 aromatic heterocycles. The van der Waals surface area contributed by atoms with E-state index < -0.39 is 98.5 Å². The third kappa shape index (κ3) is 5.43. The van der Waals surface area contributed by atoms with Crippen molar-refractivity contribution in [3.05, 3.63) is 0 Å². The lowest BCUT2D eigenvalue weighted by Crippen LogP contribution is -2.61. The lowest BCUT2D eigenvalue weighted by atomic mass is 9.79. The molecule has 5 unspecified atom stereocenters. The van der Waals surface area contributed by atoms with E-state index in [1.54, 1.807) is 0 Å². The van der Waals surface area contributed by atoms with Gasteiger partial charge in [0.05, 0.1) is 25.0 Å². The summed E-state index contributed by atoms with van der Waals surface area (Å²) in [7, 11) is 0. The normalized spacial score (nSPS) is 44.4. The molecule has 1 saturated carbocycles. The third-order valence-electron chi connectivity index (χ3n) is 5.35. The zero-order valence-corrected chi connectivity index (χ0v) is 16.1. The number of esters is 2. The molecule has 2 fully saturated rings. The van der Waals surface area contributed by atoms with Gasteiger partial charge in [0.2, 0.25) is 0 Å². The largest absolute Gasteiger partial charge is 0.463 e. The van der Waals surface area contributed by atoms with Crippen LogP contribution < -0.4 is 0 Å². The second kappa shape index (κ2) is 10.3. The van der Waals surface area contributed by atoms with Crippen LogP contribution in [0.15, 0.2) is 0 Å². The predicted octanol–water partition coefficient (Wildman–Crippen LogP) is -4.89. The van der Waals surface area contributed by atoms with Crippen molar-refractivity contribution in [2.45, 2.75) is 81.0 Å². The first-order valence-electron chi connectivity index (χ1n) is 9.40. The molecule has 2 aliphatic rings. The lowest BCUT2D eigenvalue weighted by Gasteiger charge is -2.42. The van der Waals surface area contributed by atoms with Gasteiger partial charge in [0.15, 0.2) is 12.4 Å². The molecular formula is C17H28O13. The van der Waals surface area contributed by atoms with Crippen molar-refractivity contribution in [3.63, 3.8) is 0 Å². The number of ether oxygens (including phenoxy) is 3. The minimum Gasteiger partial charge on any atom is -0.463 e. The molecule has 2 rings (SSSR count). The van der Waals surface area contributed by atoms with Crippen molar-refractivity contribution in [2.75, 3.05) is 6.61 Å². The zero-order valence-electron chi connectivity index (χ0n) is 16.1. The summed E-state index contributed by atoms with van der Waals surface area (Å²) in [4.78, 5) is 23.7. The highest BCUT2D eigenvalue weighted by atomic mass is 16.7. The van der Waals surface area contributed by atoms with E-state index in [-0.39, 0.29) is 0 Å². The Morgan fingerprint density at radius 2 is 1.27 bits per heavy atom. The highest BCUT2D eigenvalue weighted by Gasteiger charge is 2.49. The monoisotopic (exact) mass is 440 g/mol. The quantitative estimate of drug-likeness (QED) is 0.182. The van der Waals surface area contributed by atoms with Crippen LogP contribution in [0.2, 0.25) is 0 Å². The average molecular weight is 440 g/mol. The highest BCUT2D eigenvalue weighted by molar-refractivity contribution is 5.77. The molecule has 1 aliphatic heterocycles. The van der Waals surface area contributed by atoms with Crippen molar-refractivity contribution in [1.29, 1.82) is 0 Å². The number of hydrogen-bond acceptors (Lipinski definition) is 13. The first kappa shape index (κ1) is 24.8. The minimum absolute atomic E-state index is 0.490. The molecule has 13 nitrogen and oxygen atoms in total. The van der Waals surface area contributed by atoms with E-state index in [4.69, 9.17) is 14.2 Å². The molecular weight excluding hydrogens is 412 g/mol. The van der Waals surface area contributed by atoms with Crippen LogP contribution in [0, 0.1) is 5.92 Å². The molecule has 0 aromatic rings. The fourth-order valence-electron chi connectivity index (χ4n) is 3.28. The van der Waals surface area contributed by atoms with Crippen molar-refractivity contribution in [3.8, 4) is 0 Å².